The third-order valence-electron chi connectivity index (χ3n) is 4.89. The lowest BCUT2D eigenvalue weighted by atomic mass is 10.0. The van der Waals surface area contributed by atoms with Crippen LogP contribution in [0.1, 0.15) is 18.2 Å². The molecule has 0 spiro atoms. The van der Waals surface area contributed by atoms with Crippen LogP contribution in [0.5, 0.6) is 0 Å². The SMILES string of the molecule is CC(=O)Nc1ccc2c(c1)c(-c1ccccc1)c(C)n2Cc1ccccc1. The highest BCUT2D eigenvalue weighted by atomic mass is 16.1. The Hall–Kier alpha value is -3.33. The summed E-state index contributed by atoms with van der Waals surface area (Å²) in [4.78, 5) is 11.5. The summed E-state index contributed by atoms with van der Waals surface area (Å²) in [6.45, 7) is 4.52. The Labute approximate surface area is 159 Å². The maximum atomic E-state index is 11.5. The number of nitrogens with zero attached hydrogens (tertiary/aromatic N) is 1. The molecule has 0 unspecified atom stereocenters. The van der Waals surface area contributed by atoms with Crippen LogP contribution in [0.15, 0.2) is 78.9 Å². The Balaban J connectivity index is 1.93. The Morgan fingerprint density at radius 3 is 2.26 bits per heavy atom. The average molecular weight is 354 g/mol. The summed E-state index contributed by atoms with van der Waals surface area (Å²) >= 11 is 0. The molecule has 0 radical (unpaired) electrons. The Morgan fingerprint density at radius 2 is 1.59 bits per heavy atom. The number of aromatic nitrogens is 1. The molecule has 0 saturated carbocycles. The molecule has 0 atom stereocenters. The van der Waals surface area contributed by atoms with Crippen molar-refractivity contribution < 1.29 is 4.79 Å². The van der Waals surface area contributed by atoms with Crippen LogP contribution in [0, 0.1) is 6.92 Å². The number of hydrogen-bond acceptors (Lipinski definition) is 1. The third kappa shape index (κ3) is 3.36. The van der Waals surface area contributed by atoms with E-state index in [2.05, 4.69) is 77.5 Å². The molecule has 0 aliphatic rings. The van der Waals surface area contributed by atoms with Gasteiger partial charge in [-0.2, -0.15) is 0 Å². The first-order valence-electron chi connectivity index (χ1n) is 9.13. The summed E-state index contributed by atoms with van der Waals surface area (Å²) in [6.07, 6.45) is 0. The van der Waals surface area contributed by atoms with E-state index in [0.717, 1.165) is 17.6 Å². The number of rotatable bonds is 4. The minimum Gasteiger partial charge on any atom is -0.340 e. The first kappa shape index (κ1) is 17.1. The molecule has 3 heteroatoms. The molecule has 0 fully saturated rings. The van der Waals surface area contributed by atoms with Crippen molar-refractivity contribution in [2.75, 3.05) is 5.32 Å². The fraction of sp³-hybridized carbons (Fsp3) is 0.125. The second kappa shape index (κ2) is 7.12. The van der Waals surface area contributed by atoms with Gasteiger partial charge in [0.2, 0.25) is 5.91 Å². The maximum Gasteiger partial charge on any atom is 0.221 e. The standard InChI is InChI=1S/C24H22N2O/c1-17-24(20-11-7-4-8-12-20)22-15-21(25-18(2)27)13-14-23(22)26(17)16-19-9-5-3-6-10-19/h3-15H,16H2,1-2H3,(H,25,27). The molecule has 3 nitrogen and oxygen atoms in total. The van der Waals surface area contributed by atoms with E-state index in [1.54, 1.807) is 0 Å². The van der Waals surface area contributed by atoms with Crippen LogP contribution in [0.3, 0.4) is 0 Å². The van der Waals surface area contributed by atoms with Crippen molar-refractivity contribution in [3.8, 4) is 11.1 Å². The minimum atomic E-state index is -0.0592. The number of benzene rings is 3. The number of hydrogen-bond donors (Lipinski definition) is 1. The fourth-order valence-corrected chi connectivity index (χ4v) is 3.70. The summed E-state index contributed by atoms with van der Waals surface area (Å²) in [5.41, 5.74) is 6.89. The van der Waals surface area contributed by atoms with E-state index in [0.29, 0.717) is 0 Å². The van der Waals surface area contributed by atoms with E-state index >= 15 is 0 Å². The van der Waals surface area contributed by atoms with Crippen LogP contribution < -0.4 is 5.32 Å². The number of carbonyl (C=O) groups is 1. The number of nitrogens with one attached hydrogen (secondary N) is 1. The van der Waals surface area contributed by atoms with Gasteiger partial charge in [0.1, 0.15) is 0 Å². The molecule has 1 amide bonds. The summed E-state index contributed by atoms with van der Waals surface area (Å²) in [5, 5.41) is 4.06. The summed E-state index contributed by atoms with van der Waals surface area (Å²) in [6, 6.07) is 27.1. The highest BCUT2D eigenvalue weighted by Gasteiger charge is 2.16. The molecule has 134 valence electrons. The molecular formula is C24H22N2O. The van der Waals surface area contributed by atoms with Gasteiger partial charge in [-0.05, 0) is 36.2 Å². The van der Waals surface area contributed by atoms with Crippen LogP contribution >= 0.6 is 0 Å². The molecule has 1 N–H and O–H groups in total. The van der Waals surface area contributed by atoms with E-state index in [1.807, 2.05) is 18.2 Å². The van der Waals surface area contributed by atoms with Gasteiger partial charge >= 0.3 is 0 Å². The van der Waals surface area contributed by atoms with Crippen molar-refractivity contribution in [3.63, 3.8) is 0 Å². The summed E-state index contributed by atoms with van der Waals surface area (Å²) in [7, 11) is 0. The Morgan fingerprint density at radius 1 is 0.926 bits per heavy atom. The van der Waals surface area contributed by atoms with Gasteiger partial charge in [0.15, 0.2) is 0 Å². The van der Waals surface area contributed by atoms with Gasteiger partial charge in [0.25, 0.3) is 0 Å². The quantitative estimate of drug-likeness (QED) is 0.507. The predicted molar refractivity (Wildman–Crippen MR) is 112 cm³/mol. The first-order valence-corrected chi connectivity index (χ1v) is 9.13. The first-order chi connectivity index (χ1) is 13.1. The molecule has 0 saturated heterocycles. The zero-order valence-electron chi connectivity index (χ0n) is 15.6. The second-order valence-electron chi connectivity index (χ2n) is 6.81. The van der Waals surface area contributed by atoms with E-state index < -0.39 is 0 Å². The van der Waals surface area contributed by atoms with Crippen molar-refractivity contribution in [2.24, 2.45) is 0 Å². The lowest BCUT2D eigenvalue weighted by Crippen LogP contribution is -2.05. The normalized spacial score (nSPS) is 10.9. The molecule has 1 aromatic heterocycles. The fourth-order valence-electron chi connectivity index (χ4n) is 3.70. The van der Waals surface area contributed by atoms with Gasteiger partial charge < -0.3 is 9.88 Å². The highest BCUT2D eigenvalue weighted by Crippen LogP contribution is 2.36. The number of anilines is 1. The van der Waals surface area contributed by atoms with Crippen LogP contribution in [-0.2, 0) is 11.3 Å². The Bertz CT molecular complexity index is 1100. The van der Waals surface area contributed by atoms with Crippen molar-refractivity contribution in [3.05, 3.63) is 90.1 Å². The van der Waals surface area contributed by atoms with Crippen molar-refractivity contribution in [2.45, 2.75) is 20.4 Å². The topological polar surface area (TPSA) is 34.0 Å². The largest absolute Gasteiger partial charge is 0.340 e. The van der Waals surface area contributed by atoms with Gasteiger partial charge in [0, 0.05) is 41.3 Å². The number of amides is 1. The van der Waals surface area contributed by atoms with Gasteiger partial charge in [-0.1, -0.05) is 60.7 Å². The molecule has 0 bridgehead atoms. The molecular weight excluding hydrogens is 332 g/mol. The van der Waals surface area contributed by atoms with Crippen LogP contribution in [0.2, 0.25) is 0 Å². The van der Waals surface area contributed by atoms with E-state index in [4.69, 9.17) is 0 Å². The monoisotopic (exact) mass is 354 g/mol. The lowest BCUT2D eigenvalue weighted by Gasteiger charge is -2.09. The van der Waals surface area contributed by atoms with Gasteiger partial charge in [-0.3, -0.25) is 4.79 Å². The number of carbonyl (C=O) groups excluding carboxylic acids is 1. The second-order valence-corrected chi connectivity index (χ2v) is 6.81. The maximum absolute atomic E-state index is 11.5. The molecule has 0 aliphatic heterocycles. The van der Waals surface area contributed by atoms with Crippen LogP contribution in [0.4, 0.5) is 5.69 Å². The highest BCUT2D eigenvalue weighted by molar-refractivity contribution is 6.01. The summed E-state index contributed by atoms with van der Waals surface area (Å²) in [5.74, 6) is -0.0592. The smallest absolute Gasteiger partial charge is 0.221 e. The van der Waals surface area contributed by atoms with Crippen LogP contribution in [0.25, 0.3) is 22.0 Å². The van der Waals surface area contributed by atoms with Gasteiger partial charge in [0.05, 0.1) is 0 Å². The molecule has 0 aliphatic carbocycles. The van der Waals surface area contributed by atoms with E-state index in [1.165, 1.54) is 34.8 Å². The van der Waals surface area contributed by atoms with Crippen molar-refractivity contribution in [1.82, 2.24) is 4.57 Å². The minimum absolute atomic E-state index is 0.0592. The molecule has 27 heavy (non-hydrogen) atoms. The molecule has 1 heterocycles. The number of fused-ring (bicyclic) bond motifs is 1. The summed E-state index contributed by atoms with van der Waals surface area (Å²) < 4.78 is 2.35. The average Bonchev–Trinajstić information content (AvgIpc) is 2.94. The van der Waals surface area contributed by atoms with Gasteiger partial charge in [-0.25, -0.2) is 0 Å². The zero-order valence-corrected chi connectivity index (χ0v) is 15.6. The van der Waals surface area contributed by atoms with Crippen LogP contribution in [-0.4, -0.2) is 10.5 Å². The predicted octanol–water partition coefficient (Wildman–Crippen LogP) is 5.62. The van der Waals surface area contributed by atoms with Crippen molar-refractivity contribution >= 4 is 22.5 Å². The zero-order chi connectivity index (χ0) is 18.8. The molecule has 4 rings (SSSR count). The van der Waals surface area contributed by atoms with E-state index in [9.17, 15) is 4.79 Å². The molecule has 3 aromatic carbocycles. The Kier molecular flexibility index (Phi) is 4.51. The molecule has 4 aromatic rings. The lowest BCUT2D eigenvalue weighted by molar-refractivity contribution is -0.114. The van der Waals surface area contributed by atoms with Gasteiger partial charge in [-0.15, -0.1) is 0 Å². The third-order valence-corrected chi connectivity index (χ3v) is 4.89. The van der Waals surface area contributed by atoms with E-state index in [-0.39, 0.29) is 5.91 Å². The van der Waals surface area contributed by atoms with Crippen molar-refractivity contribution in [1.29, 1.82) is 0 Å².